The van der Waals surface area contributed by atoms with Crippen LogP contribution >= 0.6 is 7.82 Å². The first-order valence-electron chi connectivity index (χ1n) is 23.3. The summed E-state index contributed by atoms with van der Waals surface area (Å²) in [6.07, 6.45) is 48.1. The Morgan fingerprint density at radius 1 is 0.317 bits per heavy atom. The van der Waals surface area contributed by atoms with Crippen molar-refractivity contribution in [2.45, 2.75) is 212 Å². The minimum atomic E-state index is -4.40. The third-order valence-corrected chi connectivity index (χ3v) is 11.5. The van der Waals surface area contributed by atoms with Gasteiger partial charge in [0.1, 0.15) is 0 Å². The largest absolute Gasteiger partial charge is 0.469 e. The van der Waals surface area contributed by atoms with Gasteiger partial charge in [0.2, 0.25) is 0 Å². The fourth-order valence-corrected chi connectivity index (χ4v) is 7.07. The van der Waals surface area contributed by atoms with Crippen LogP contribution in [-0.4, -0.2) is 16.4 Å². The summed E-state index contributed by atoms with van der Waals surface area (Å²) < 4.78 is 15.3. The highest BCUT2D eigenvalue weighted by molar-refractivity contribution is 7.46. The highest BCUT2D eigenvalue weighted by Gasteiger charge is 2.11. The second-order valence-electron chi connectivity index (χ2n) is 18.0. The van der Waals surface area contributed by atoms with Crippen LogP contribution in [-0.2, 0) is 9.09 Å². The Hall–Kier alpha value is -2.75. The highest BCUT2D eigenvalue weighted by Crippen LogP contribution is 2.35. The smallest absolute Gasteiger partial charge is 0.303 e. The molecule has 0 aromatic carbocycles. The standard InChI is InChI=1S/C55H91O4P/c1-45(2)23-13-24-46(3)25-14-26-47(4)27-15-28-48(5)29-16-30-49(6)31-17-32-50(7)33-18-34-51(8)35-19-36-52(9)37-20-38-53(10)39-21-40-54(11)41-22-42-55(12)43-44-59-60(56,57)58/h23,25,27,29,31,33,35,37,39,41,43H,13-22,24,26,28,30,32,34,36,38,40,42,44H2,1-12H3,(H2,56,57,58)/b46-25-,47-27-,48-29-,49-31+,50-33+,51-35+,52-37+,53-39+,54-41+,55-43+. The van der Waals surface area contributed by atoms with Gasteiger partial charge in [-0.05, 0) is 212 Å². The molecule has 0 fully saturated rings. The maximum atomic E-state index is 10.8. The summed E-state index contributed by atoms with van der Waals surface area (Å²) >= 11 is 0. The molecule has 0 radical (unpaired) electrons. The van der Waals surface area contributed by atoms with E-state index >= 15 is 0 Å². The minimum Gasteiger partial charge on any atom is -0.303 e. The zero-order chi connectivity index (χ0) is 45.2. The molecule has 0 bridgehead atoms. The average Bonchev–Trinajstić information content (AvgIpc) is 3.14. The van der Waals surface area contributed by atoms with Gasteiger partial charge in [-0.15, -0.1) is 0 Å². The van der Waals surface area contributed by atoms with Crippen molar-refractivity contribution >= 4 is 7.82 Å². The zero-order valence-electron chi connectivity index (χ0n) is 40.9. The van der Waals surface area contributed by atoms with Crippen LogP contribution in [0.3, 0.4) is 0 Å². The third-order valence-electron chi connectivity index (χ3n) is 11.0. The number of phosphoric ester groups is 1. The van der Waals surface area contributed by atoms with Crippen molar-refractivity contribution in [3.05, 3.63) is 128 Å². The lowest BCUT2D eigenvalue weighted by atomic mass is 10.0. The molecule has 0 aliphatic rings. The van der Waals surface area contributed by atoms with E-state index in [1.165, 1.54) is 75.0 Å². The predicted octanol–water partition coefficient (Wildman–Crippen LogP) is 18.3. The summed E-state index contributed by atoms with van der Waals surface area (Å²) in [4.78, 5) is 17.5. The molecule has 0 unspecified atom stereocenters. The van der Waals surface area contributed by atoms with Gasteiger partial charge in [-0.1, -0.05) is 128 Å². The van der Waals surface area contributed by atoms with Crippen molar-refractivity contribution in [3.8, 4) is 0 Å². The summed E-state index contributed by atoms with van der Waals surface area (Å²) in [6.45, 7) is 26.7. The van der Waals surface area contributed by atoms with Gasteiger partial charge in [0.25, 0.3) is 0 Å². The summed E-state index contributed by atoms with van der Waals surface area (Å²) in [7, 11) is -4.40. The van der Waals surface area contributed by atoms with Crippen molar-refractivity contribution in [1.29, 1.82) is 0 Å². The Kier molecular flexibility index (Phi) is 34.2. The molecule has 0 spiro atoms. The summed E-state index contributed by atoms with van der Waals surface area (Å²) in [5.74, 6) is 0. The van der Waals surface area contributed by atoms with E-state index in [1.54, 1.807) is 6.08 Å². The van der Waals surface area contributed by atoms with Crippen molar-refractivity contribution in [2.24, 2.45) is 0 Å². The SMILES string of the molecule is CC(C)=CCC/C(C)=C\CC/C(C)=C\CC/C(C)=C\CC/C(C)=C/CC/C(C)=C/CC/C(C)=C/CC/C(C)=C/CC/C(C)=C/CC/C(C)=C/CC/C(C)=C/COP(=O)(O)O. The topological polar surface area (TPSA) is 66.8 Å². The lowest BCUT2D eigenvalue weighted by Gasteiger charge is -2.04. The number of rotatable bonds is 33. The molecule has 0 aliphatic heterocycles. The fourth-order valence-electron chi connectivity index (χ4n) is 6.80. The van der Waals surface area contributed by atoms with E-state index in [0.29, 0.717) is 0 Å². The maximum absolute atomic E-state index is 10.8. The van der Waals surface area contributed by atoms with Crippen LogP contribution < -0.4 is 0 Å². The van der Waals surface area contributed by atoms with Gasteiger partial charge >= 0.3 is 7.82 Å². The van der Waals surface area contributed by atoms with Crippen molar-refractivity contribution in [3.63, 3.8) is 0 Å². The molecule has 2 N–H and O–H groups in total. The molecule has 0 aromatic rings. The van der Waals surface area contributed by atoms with E-state index in [1.807, 2.05) is 6.92 Å². The van der Waals surface area contributed by atoms with Crippen LogP contribution in [0, 0.1) is 0 Å². The number of phosphoric acid groups is 1. The normalized spacial score (nSPS) is 15.0. The molecular formula is C55H91O4P. The minimum absolute atomic E-state index is 0.0550. The van der Waals surface area contributed by atoms with Crippen molar-refractivity contribution in [2.75, 3.05) is 6.61 Å². The average molecular weight is 847 g/mol. The molecule has 0 heterocycles. The summed E-state index contributed by atoms with van der Waals surface area (Å²) in [6, 6.07) is 0. The van der Waals surface area contributed by atoms with Gasteiger partial charge in [0.05, 0.1) is 6.61 Å². The predicted molar refractivity (Wildman–Crippen MR) is 267 cm³/mol. The van der Waals surface area contributed by atoms with E-state index in [9.17, 15) is 4.57 Å². The second-order valence-corrected chi connectivity index (χ2v) is 19.2. The van der Waals surface area contributed by atoms with Gasteiger partial charge in [0, 0.05) is 0 Å². The van der Waals surface area contributed by atoms with E-state index in [-0.39, 0.29) is 6.61 Å². The molecule has 0 rings (SSSR count). The Bertz CT molecular complexity index is 1600. The maximum Gasteiger partial charge on any atom is 0.469 e. The molecule has 0 amide bonds. The van der Waals surface area contributed by atoms with Crippen LogP contribution in [0.1, 0.15) is 212 Å². The molecule has 5 heteroatoms. The molecule has 4 nitrogen and oxygen atoms in total. The van der Waals surface area contributed by atoms with Crippen LogP contribution in [0.2, 0.25) is 0 Å². The molecule has 0 saturated carbocycles. The van der Waals surface area contributed by atoms with Crippen molar-refractivity contribution in [1.82, 2.24) is 0 Å². The Morgan fingerprint density at radius 3 is 0.650 bits per heavy atom. The van der Waals surface area contributed by atoms with Crippen LogP contribution in [0.5, 0.6) is 0 Å². The van der Waals surface area contributed by atoms with E-state index in [4.69, 9.17) is 9.79 Å². The second kappa shape index (κ2) is 35.8. The van der Waals surface area contributed by atoms with Gasteiger partial charge in [-0.2, -0.15) is 0 Å². The van der Waals surface area contributed by atoms with Gasteiger partial charge in [0.15, 0.2) is 0 Å². The Labute approximate surface area is 371 Å². The highest BCUT2D eigenvalue weighted by atomic mass is 31.2. The van der Waals surface area contributed by atoms with Crippen LogP contribution in [0.15, 0.2) is 128 Å². The molecule has 60 heavy (non-hydrogen) atoms. The molecule has 0 atom stereocenters. The van der Waals surface area contributed by atoms with Gasteiger partial charge < -0.3 is 9.79 Å². The zero-order valence-corrected chi connectivity index (χ0v) is 41.8. The third kappa shape index (κ3) is 39.4. The molecule has 340 valence electrons. The van der Waals surface area contributed by atoms with E-state index in [2.05, 4.69) is 141 Å². The first kappa shape index (κ1) is 57.2. The van der Waals surface area contributed by atoms with E-state index < -0.39 is 7.82 Å². The number of hydrogen-bond acceptors (Lipinski definition) is 2. The quantitative estimate of drug-likeness (QED) is 0.0510. The lowest BCUT2D eigenvalue weighted by molar-refractivity contribution is 0.215. The molecular weight excluding hydrogens is 756 g/mol. The van der Waals surface area contributed by atoms with Gasteiger partial charge in [-0.25, -0.2) is 4.57 Å². The Balaban J connectivity index is 4.28. The number of hydrogen-bond donors (Lipinski definition) is 2. The fraction of sp³-hybridized carbons (Fsp3) is 0.600. The van der Waals surface area contributed by atoms with Crippen LogP contribution in [0.4, 0.5) is 0 Å². The van der Waals surface area contributed by atoms with Crippen molar-refractivity contribution < 1.29 is 18.9 Å². The van der Waals surface area contributed by atoms with Crippen LogP contribution in [0.25, 0.3) is 0 Å². The monoisotopic (exact) mass is 847 g/mol. The van der Waals surface area contributed by atoms with E-state index in [0.717, 1.165) is 115 Å². The molecule has 0 aliphatic carbocycles. The first-order valence-corrected chi connectivity index (χ1v) is 24.8. The molecule has 0 saturated heterocycles. The Morgan fingerprint density at radius 2 is 0.483 bits per heavy atom. The summed E-state index contributed by atoms with van der Waals surface area (Å²) in [5, 5.41) is 0. The lowest BCUT2D eigenvalue weighted by Crippen LogP contribution is -1.89. The first-order chi connectivity index (χ1) is 28.4. The molecule has 0 aromatic heterocycles. The summed E-state index contributed by atoms with van der Waals surface area (Å²) in [5.41, 5.74) is 15.9. The van der Waals surface area contributed by atoms with Gasteiger partial charge in [-0.3, -0.25) is 4.52 Å². The number of allylic oxidation sites excluding steroid dienone is 21.